The van der Waals surface area contributed by atoms with E-state index in [2.05, 4.69) is 19.2 Å². The van der Waals surface area contributed by atoms with Crippen molar-refractivity contribution < 1.29 is 9.00 Å². The largest absolute Gasteiger partial charge is 0.338 e. The molecule has 1 aliphatic rings. The molecule has 0 unspecified atom stereocenters. The maximum absolute atomic E-state index is 11.9. The van der Waals surface area contributed by atoms with E-state index in [9.17, 15) is 9.00 Å². The summed E-state index contributed by atoms with van der Waals surface area (Å²) in [6.07, 6.45) is 2.47. The molecule has 1 rings (SSSR count). The molecule has 0 aromatic heterocycles. The third-order valence-electron chi connectivity index (χ3n) is 3.01. The van der Waals surface area contributed by atoms with Crippen LogP contribution in [0.25, 0.3) is 0 Å². The topological polar surface area (TPSA) is 49.4 Å². The highest BCUT2D eigenvalue weighted by Gasteiger charge is 2.25. The van der Waals surface area contributed by atoms with Gasteiger partial charge in [-0.1, -0.05) is 13.8 Å². The van der Waals surface area contributed by atoms with Crippen LogP contribution in [0.5, 0.6) is 0 Å². The summed E-state index contributed by atoms with van der Waals surface area (Å²) in [6, 6.07) is 0.0304. The number of hydrogen-bond acceptors (Lipinski definition) is 3. The second-order valence-corrected chi connectivity index (χ2v) is 7.86. The summed E-state index contributed by atoms with van der Waals surface area (Å²) < 4.78 is 10.9. The highest BCUT2D eigenvalue weighted by molar-refractivity contribution is 8.00. The Morgan fingerprint density at radius 1 is 1.56 bits per heavy atom. The summed E-state index contributed by atoms with van der Waals surface area (Å²) >= 11 is 1.96. The molecule has 0 aromatic rings. The highest BCUT2D eigenvalue weighted by atomic mass is 32.2. The van der Waals surface area contributed by atoms with Gasteiger partial charge < -0.3 is 10.2 Å². The lowest BCUT2D eigenvalue weighted by molar-refractivity contribution is 0.197. The van der Waals surface area contributed by atoms with Crippen LogP contribution in [-0.2, 0) is 10.8 Å². The van der Waals surface area contributed by atoms with Crippen molar-refractivity contribution in [2.75, 3.05) is 37.4 Å². The summed E-state index contributed by atoms with van der Waals surface area (Å²) in [5, 5.41) is 3.46. The van der Waals surface area contributed by atoms with E-state index in [0.29, 0.717) is 23.5 Å². The molecule has 0 radical (unpaired) electrons. The SMILES string of the molecule is CC(C)[C@@H]1CN(C(=O)NCCC[S@](C)=O)CCS1. The van der Waals surface area contributed by atoms with E-state index in [4.69, 9.17) is 0 Å². The van der Waals surface area contributed by atoms with Crippen molar-refractivity contribution in [2.45, 2.75) is 25.5 Å². The van der Waals surface area contributed by atoms with E-state index in [0.717, 1.165) is 25.3 Å². The molecule has 0 aliphatic carbocycles. The molecule has 0 bridgehead atoms. The summed E-state index contributed by atoms with van der Waals surface area (Å²) in [5.41, 5.74) is 0. The number of urea groups is 1. The van der Waals surface area contributed by atoms with E-state index < -0.39 is 10.8 Å². The molecule has 1 saturated heterocycles. The molecule has 18 heavy (non-hydrogen) atoms. The zero-order valence-electron chi connectivity index (χ0n) is 11.5. The Morgan fingerprint density at radius 3 is 2.89 bits per heavy atom. The predicted octanol–water partition coefficient (Wildman–Crippen LogP) is 1.54. The minimum atomic E-state index is -0.765. The van der Waals surface area contributed by atoms with E-state index >= 15 is 0 Å². The van der Waals surface area contributed by atoms with E-state index in [1.165, 1.54) is 0 Å². The van der Waals surface area contributed by atoms with Crippen LogP contribution in [0, 0.1) is 5.92 Å². The summed E-state index contributed by atoms with van der Waals surface area (Å²) in [7, 11) is -0.765. The normalized spacial score (nSPS) is 22.0. The molecule has 1 aliphatic heterocycles. The van der Waals surface area contributed by atoms with Crippen molar-refractivity contribution in [3.05, 3.63) is 0 Å². The molecule has 1 N–H and O–H groups in total. The van der Waals surface area contributed by atoms with Gasteiger partial charge >= 0.3 is 6.03 Å². The average Bonchev–Trinajstić information content (AvgIpc) is 2.34. The van der Waals surface area contributed by atoms with E-state index in [-0.39, 0.29) is 6.03 Å². The first-order valence-corrected chi connectivity index (χ1v) is 9.22. The monoisotopic (exact) mass is 292 g/mol. The molecule has 1 fully saturated rings. The number of rotatable bonds is 5. The number of amides is 2. The average molecular weight is 292 g/mol. The van der Waals surface area contributed by atoms with Gasteiger partial charge in [0.2, 0.25) is 0 Å². The van der Waals surface area contributed by atoms with Gasteiger partial charge in [0.15, 0.2) is 0 Å². The van der Waals surface area contributed by atoms with Crippen molar-refractivity contribution in [3.63, 3.8) is 0 Å². The van der Waals surface area contributed by atoms with Gasteiger partial charge in [-0.15, -0.1) is 0 Å². The van der Waals surface area contributed by atoms with Crippen molar-refractivity contribution >= 4 is 28.6 Å². The molecule has 6 heteroatoms. The molecule has 106 valence electrons. The lowest BCUT2D eigenvalue weighted by atomic mass is 10.1. The fraction of sp³-hybridized carbons (Fsp3) is 0.917. The molecule has 1 heterocycles. The fourth-order valence-corrected chi connectivity index (χ4v) is 3.70. The number of nitrogens with one attached hydrogen (secondary N) is 1. The second-order valence-electron chi connectivity index (χ2n) is 4.96. The minimum Gasteiger partial charge on any atom is -0.338 e. The van der Waals surface area contributed by atoms with Crippen molar-refractivity contribution in [1.29, 1.82) is 0 Å². The minimum absolute atomic E-state index is 0.0304. The van der Waals surface area contributed by atoms with Gasteiger partial charge in [-0.25, -0.2) is 4.79 Å². The van der Waals surface area contributed by atoms with E-state index in [1.54, 1.807) is 6.26 Å². The molecule has 2 atom stereocenters. The Hall–Kier alpha value is -0.230. The van der Waals surface area contributed by atoms with E-state index in [1.807, 2.05) is 16.7 Å². The van der Waals surface area contributed by atoms with Crippen molar-refractivity contribution in [1.82, 2.24) is 10.2 Å². The van der Waals surface area contributed by atoms with Crippen molar-refractivity contribution in [2.24, 2.45) is 5.92 Å². The zero-order chi connectivity index (χ0) is 13.5. The predicted molar refractivity (Wildman–Crippen MR) is 79.6 cm³/mol. The van der Waals surface area contributed by atoms with Crippen LogP contribution in [0.15, 0.2) is 0 Å². The third kappa shape index (κ3) is 5.61. The molecule has 2 amide bonds. The first-order valence-electron chi connectivity index (χ1n) is 6.45. The highest BCUT2D eigenvalue weighted by Crippen LogP contribution is 2.24. The van der Waals surface area contributed by atoms with Crippen LogP contribution in [0.2, 0.25) is 0 Å². The number of nitrogens with zero attached hydrogens (tertiary/aromatic N) is 1. The second kappa shape index (κ2) is 8.04. The van der Waals surface area contributed by atoms with Gasteiger partial charge in [0.05, 0.1) is 0 Å². The number of hydrogen-bond donors (Lipinski definition) is 1. The molecule has 4 nitrogen and oxygen atoms in total. The fourth-order valence-electron chi connectivity index (χ4n) is 1.85. The Balaban J connectivity index is 2.26. The molecule has 0 spiro atoms. The molecule has 0 aromatic carbocycles. The number of carbonyl (C=O) groups excluding carboxylic acids is 1. The Kier molecular flexibility index (Phi) is 7.07. The van der Waals surface area contributed by atoms with Crippen LogP contribution in [0.4, 0.5) is 4.79 Å². The Morgan fingerprint density at radius 2 is 2.28 bits per heavy atom. The quantitative estimate of drug-likeness (QED) is 0.782. The van der Waals surface area contributed by atoms with Crippen LogP contribution in [-0.4, -0.2) is 57.8 Å². The standard InChI is InChI=1S/C12H24N2O2S2/c1-10(2)11-9-14(6-7-17-11)12(15)13-5-4-8-18(3)16/h10-11H,4-9H2,1-3H3,(H,13,15)/t11-,18-/m0/s1. The van der Waals surface area contributed by atoms with Gasteiger partial charge in [0, 0.05) is 53.4 Å². The molecule has 0 saturated carbocycles. The summed E-state index contributed by atoms with van der Waals surface area (Å²) in [5.74, 6) is 2.29. The summed E-state index contributed by atoms with van der Waals surface area (Å²) in [6.45, 7) is 6.70. The van der Waals surface area contributed by atoms with Crippen LogP contribution >= 0.6 is 11.8 Å². The molecular formula is C12H24N2O2S2. The number of thioether (sulfide) groups is 1. The third-order valence-corrected chi connectivity index (χ3v) is 5.41. The lowest BCUT2D eigenvalue weighted by Gasteiger charge is -2.34. The van der Waals surface area contributed by atoms with Gasteiger partial charge in [0.1, 0.15) is 0 Å². The first kappa shape index (κ1) is 15.8. The van der Waals surface area contributed by atoms with Gasteiger partial charge in [-0.3, -0.25) is 4.21 Å². The van der Waals surface area contributed by atoms with Crippen LogP contribution < -0.4 is 5.32 Å². The zero-order valence-corrected chi connectivity index (χ0v) is 13.1. The number of carbonyl (C=O) groups is 1. The lowest BCUT2D eigenvalue weighted by Crippen LogP contribution is -2.48. The van der Waals surface area contributed by atoms with Gasteiger partial charge in [-0.2, -0.15) is 11.8 Å². The smallest absolute Gasteiger partial charge is 0.317 e. The Labute approximate surface area is 117 Å². The van der Waals surface area contributed by atoms with Gasteiger partial charge in [0.25, 0.3) is 0 Å². The van der Waals surface area contributed by atoms with Crippen LogP contribution in [0.3, 0.4) is 0 Å². The van der Waals surface area contributed by atoms with Crippen molar-refractivity contribution in [3.8, 4) is 0 Å². The van der Waals surface area contributed by atoms with Gasteiger partial charge in [-0.05, 0) is 12.3 Å². The maximum Gasteiger partial charge on any atom is 0.317 e. The summed E-state index contributed by atoms with van der Waals surface area (Å²) in [4.78, 5) is 13.8. The first-order chi connectivity index (χ1) is 8.50. The molecular weight excluding hydrogens is 268 g/mol. The maximum atomic E-state index is 11.9. The van der Waals surface area contributed by atoms with Crippen LogP contribution in [0.1, 0.15) is 20.3 Å². The Bertz CT molecular complexity index is 298.